The molecule has 0 aliphatic carbocycles. The van der Waals surface area contributed by atoms with E-state index in [2.05, 4.69) is 42.2 Å². The molecular weight excluding hydrogens is 642 g/mol. The van der Waals surface area contributed by atoms with Crippen LogP contribution in [0.1, 0.15) is 31.0 Å². The number of ether oxygens (including phenoxy) is 3. The van der Waals surface area contributed by atoms with E-state index < -0.39 is 17.6 Å². The van der Waals surface area contributed by atoms with Crippen LogP contribution < -0.4 is 29.7 Å². The lowest BCUT2D eigenvalue weighted by Gasteiger charge is -2.26. The number of carbonyl (C=O) groups excluding carboxylic acids is 2. The van der Waals surface area contributed by atoms with Crippen molar-refractivity contribution < 1.29 is 23.8 Å². The van der Waals surface area contributed by atoms with E-state index in [1.807, 2.05) is 6.07 Å². The minimum absolute atomic E-state index is 0.149. The lowest BCUT2D eigenvalue weighted by atomic mass is 9.95. The first-order chi connectivity index (χ1) is 18.2. The fraction of sp³-hybridized carbons (Fsp3) is 0.231. The summed E-state index contributed by atoms with van der Waals surface area (Å²) in [7, 11) is 3.02. The van der Waals surface area contributed by atoms with E-state index in [0.29, 0.717) is 43.3 Å². The molecule has 3 heterocycles. The molecule has 38 heavy (non-hydrogen) atoms. The smallest absolute Gasteiger partial charge is 0.338 e. The van der Waals surface area contributed by atoms with Crippen molar-refractivity contribution in [1.29, 1.82) is 0 Å². The number of carbonyl (C=O) groups is 2. The first kappa shape index (κ1) is 26.4. The summed E-state index contributed by atoms with van der Waals surface area (Å²) in [5, 5.41) is 2.82. The number of nitrogens with zero attached hydrogens (tertiary/aromatic N) is 2. The van der Waals surface area contributed by atoms with Gasteiger partial charge >= 0.3 is 5.97 Å². The number of hydrogen-bond acceptors (Lipinski definition) is 8. The minimum Gasteiger partial charge on any atom is -0.493 e. The highest BCUT2D eigenvalue weighted by Gasteiger charge is 2.36. The Balaban J connectivity index is 1.85. The Morgan fingerprint density at radius 2 is 1.84 bits per heavy atom. The average Bonchev–Trinajstić information content (AvgIpc) is 3.37. The Hall–Kier alpha value is -3.22. The molecule has 0 saturated carbocycles. The fourth-order valence-corrected chi connectivity index (χ4v) is 6.62. The normalized spacial score (nSPS) is 17.4. The van der Waals surface area contributed by atoms with E-state index in [1.165, 1.54) is 18.8 Å². The highest BCUT2D eigenvalue weighted by molar-refractivity contribution is 9.10. The van der Waals surface area contributed by atoms with Crippen molar-refractivity contribution in [2.75, 3.05) is 26.1 Å². The Labute approximate surface area is 237 Å². The topological polar surface area (TPSA) is 108 Å². The lowest BCUT2D eigenvalue weighted by molar-refractivity contribution is -0.139. The fourth-order valence-electron chi connectivity index (χ4n) is 4.58. The van der Waals surface area contributed by atoms with Crippen LogP contribution in [0.3, 0.4) is 0 Å². The maximum absolute atomic E-state index is 14.1. The van der Waals surface area contributed by atoms with Crippen molar-refractivity contribution in [2.24, 2.45) is 4.99 Å². The molecule has 2 aromatic carbocycles. The zero-order valence-corrected chi connectivity index (χ0v) is 24.7. The maximum Gasteiger partial charge on any atom is 0.338 e. The van der Waals surface area contributed by atoms with Crippen LogP contribution >= 0.6 is 43.2 Å². The number of halogens is 2. The Morgan fingerprint density at radius 3 is 2.53 bits per heavy atom. The molecule has 0 bridgehead atoms. The molecule has 5 rings (SSSR count). The Morgan fingerprint density at radius 1 is 1.13 bits per heavy atom. The van der Waals surface area contributed by atoms with Crippen LogP contribution in [0.25, 0.3) is 5.57 Å². The standard InChI is InChI=1S/C26H21Br2N3O6S/c1-5-37-25(34)19-11(2)29-26-31(21(19)13-9-17(35-3)18(36-4)10-15(13)28)24(33)22(38-26)20-14-8-12(27)6-7-16(14)30-23(20)32/h6-10,21H,5H2,1-4H3,(H,30,32)/b22-20-/t21-/m0/s1. The van der Waals surface area contributed by atoms with Gasteiger partial charge in [-0.2, -0.15) is 0 Å². The van der Waals surface area contributed by atoms with E-state index in [1.54, 1.807) is 38.1 Å². The summed E-state index contributed by atoms with van der Waals surface area (Å²) < 4.78 is 19.3. The van der Waals surface area contributed by atoms with Gasteiger partial charge in [-0.1, -0.05) is 43.2 Å². The Kier molecular flexibility index (Phi) is 7.05. The molecule has 196 valence electrons. The number of amides is 1. The zero-order valence-electron chi connectivity index (χ0n) is 20.7. The number of fused-ring (bicyclic) bond motifs is 2. The van der Waals surface area contributed by atoms with Gasteiger partial charge in [0.05, 0.1) is 43.7 Å². The number of anilines is 1. The van der Waals surface area contributed by atoms with Crippen LogP contribution in [0.15, 0.2) is 60.3 Å². The third kappa shape index (κ3) is 4.20. The summed E-state index contributed by atoms with van der Waals surface area (Å²) in [4.78, 5) is 45.3. The monoisotopic (exact) mass is 661 g/mol. The molecule has 0 spiro atoms. The summed E-state index contributed by atoms with van der Waals surface area (Å²) in [5.74, 6) is -0.0804. The molecular formula is C26H21Br2N3O6S. The molecule has 0 fully saturated rings. The third-order valence-electron chi connectivity index (χ3n) is 6.24. The molecule has 0 saturated heterocycles. The molecule has 0 radical (unpaired) electrons. The number of esters is 1. The molecule has 1 atom stereocenters. The predicted octanol–water partition coefficient (Wildman–Crippen LogP) is 3.66. The second kappa shape index (κ2) is 10.2. The van der Waals surface area contributed by atoms with E-state index in [-0.39, 0.29) is 28.2 Å². The number of allylic oxidation sites excluding steroid dienone is 1. The summed E-state index contributed by atoms with van der Waals surface area (Å²) >= 11 is 8.13. The van der Waals surface area contributed by atoms with Gasteiger partial charge in [0.2, 0.25) is 0 Å². The highest BCUT2D eigenvalue weighted by Crippen LogP contribution is 2.41. The van der Waals surface area contributed by atoms with Gasteiger partial charge in [0.15, 0.2) is 16.3 Å². The summed E-state index contributed by atoms with van der Waals surface area (Å²) in [5.41, 5.74) is 2.22. The zero-order chi connectivity index (χ0) is 27.3. The summed E-state index contributed by atoms with van der Waals surface area (Å²) in [6.07, 6.45) is 0. The number of aromatic nitrogens is 1. The van der Waals surface area contributed by atoms with Crippen LogP contribution in [0, 0.1) is 0 Å². The average molecular weight is 663 g/mol. The van der Waals surface area contributed by atoms with Gasteiger partial charge in [0.1, 0.15) is 4.53 Å². The molecule has 1 N–H and O–H groups in total. The molecule has 12 heteroatoms. The quantitative estimate of drug-likeness (QED) is 0.418. The van der Waals surface area contributed by atoms with E-state index in [9.17, 15) is 14.4 Å². The van der Waals surface area contributed by atoms with Crippen molar-refractivity contribution in [3.8, 4) is 11.5 Å². The van der Waals surface area contributed by atoms with Crippen LogP contribution in [0.2, 0.25) is 0 Å². The van der Waals surface area contributed by atoms with Crippen LogP contribution in [-0.4, -0.2) is 37.3 Å². The maximum atomic E-state index is 14.1. The Bertz CT molecular complexity index is 1740. The van der Waals surface area contributed by atoms with Gasteiger partial charge in [-0.25, -0.2) is 9.79 Å². The number of rotatable bonds is 5. The van der Waals surface area contributed by atoms with Crippen molar-refractivity contribution in [3.05, 3.63) is 81.4 Å². The molecule has 0 unspecified atom stereocenters. The first-order valence-corrected chi connectivity index (χ1v) is 13.8. The summed E-state index contributed by atoms with van der Waals surface area (Å²) in [6.45, 7) is 3.55. The van der Waals surface area contributed by atoms with Crippen molar-refractivity contribution in [2.45, 2.75) is 19.9 Å². The van der Waals surface area contributed by atoms with Gasteiger partial charge in [-0.05, 0) is 49.7 Å². The van der Waals surface area contributed by atoms with Gasteiger partial charge in [-0.3, -0.25) is 14.2 Å². The van der Waals surface area contributed by atoms with Crippen LogP contribution in [-0.2, 0) is 14.3 Å². The van der Waals surface area contributed by atoms with E-state index >= 15 is 0 Å². The van der Waals surface area contributed by atoms with Gasteiger partial charge < -0.3 is 19.5 Å². The molecule has 2 aliphatic heterocycles. The predicted molar refractivity (Wildman–Crippen MR) is 149 cm³/mol. The van der Waals surface area contributed by atoms with Crippen molar-refractivity contribution in [1.82, 2.24) is 4.57 Å². The number of nitrogens with one attached hydrogen (secondary N) is 1. The van der Waals surface area contributed by atoms with Crippen LogP contribution in [0.5, 0.6) is 11.5 Å². The number of thiazole rings is 1. The number of methoxy groups -OCH3 is 2. The first-order valence-electron chi connectivity index (χ1n) is 11.4. The largest absolute Gasteiger partial charge is 0.493 e. The number of benzene rings is 2. The van der Waals surface area contributed by atoms with Gasteiger partial charge in [0, 0.05) is 20.2 Å². The second-order valence-electron chi connectivity index (χ2n) is 8.37. The minimum atomic E-state index is -0.903. The van der Waals surface area contributed by atoms with Crippen molar-refractivity contribution >= 4 is 66.3 Å². The van der Waals surface area contributed by atoms with E-state index in [4.69, 9.17) is 14.2 Å². The third-order valence-corrected chi connectivity index (χ3v) is 8.48. The second-order valence-corrected chi connectivity index (χ2v) is 11.1. The summed E-state index contributed by atoms with van der Waals surface area (Å²) in [6, 6.07) is 7.89. The van der Waals surface area contributed by atoms with Crippen molar-refractivity contribution in [3.63, 3.8) is 0 Å². The van der Waals surface area contributed by atoms with Gasteiger partial charge in [0.25, 0.3) is 11.5 Å². The molecule has 1 amide bonds. The SMILES string of the molecule is CCOC(=O)C1=C(C)N=c2s/c(=C3\C(=O)Nc4ccc(Br)cc43)c(=O)n2[C@H]1c1cc(OC)c(OC)cc1Br. The highest BCUT2D eigenvalue weighted by atomic mass is 79.9. The lowest BCUT2D eigenvalue weighted by Crippen LogP contribution is -2.40. The molecule has 2 aliphatic rings. The molecule has 1 aromatic heterocycles. The van der Waals surface area contributed by atoms with Gasteiger partial charge in [-0.15, -0.1) is 0 Å². The van der Waals surface area contributed by atoms with E-state index in [0.717, 1.165) is 15.8 Å². The van der Waals surface area contributed by atoms with Crippen LogP contribution in [0.4, 0.5) is 5.69 Å². The molecule has 3 aromatic rings. The number of hydrogen-bond donors (Lipinski definition) is 1. The molecule has 9 nitrogen and oxygen atoms in total.